The van der Waals surface area contributed by atoms with E-state index in [1.807, 2.05) is 13.0 Å². The van der Waals surface area contributed by atoms with E-state index in [1.165, 1.54) is 25.7 Å². The molecule has 1 saturated heterocycles. The van der Waals surface area contributed by atoms with Crippen molar-refractivity contribution in [2.75, 3.05) is 26.2 Å². The topological polar surface area (TPSA) is 35.5 Å². The van der Waals surface area contributed by atoms with Gasteiger partial charge in [0.1, 0.15) is 5.75 Å². The Morgan fingerprint density at radius 1 is 1.20 bits per heavy atom. The number of aromatic hydroxyl groups is 1. The van der Waals surface area contributed by atoms with Gasteiger partial charge in [-0.1, -0.05) is 25.0 Å². The van der Waals surface area contributed by atoms with Crippen molar-refractivity contribution in [1.29, 1.82) is 0 Å². The van der Waals surface area contributed by atoms with Crippen LogP contribution in [0.15, 0.2) is 18.2 Å². The number of nitrogens with zero attached hydrogens (tertiary/aromatic N) is 1. The molecule has 3 heteroatoms. The first-order valence-corrected chi connectivity index (χ1v) is 8.00. The minimum absolute atomic E-state index is 0.403. The lowest BCUT2D eigenvalue weighted by molar-refractivity contribution is 0.123. The van der Waals surface area contributed by atoms with Gasteiger partial charge in [-0.2, -0.15) is 0 Å². The number of rotatable bonds is 3. The van der Waals surface area contributed by atoms with E-state index in [9.17, 15) is 5.11 Å². The summed E-state index contributed by atoms with van der Waals surface area (Å²) in [5.41, 5.74) is 2.28. The van der Waals surface area contributed by atoms with E-state index in [0.717, 1.165) is 37.3 Å². The van der Waals surface area contributed by atoms with Crippen LogP contribution in [0, 0.1) is 12.8 Å². The molecule has 1 atom stereocenters. The summed E-state index contributed by atoms with van der Waals surface area (Å²) in [6.07, 6.45) is 5.31. The summed E-state index contributed by atoms with van der Waals surface area (Å²) >= 11 is 0. The van der Waals surface area contributed by atoms with Crippen molar-refractivity contribution in [3.63, 3.8) is 0 Å². The number of hydrogen-bond acceptors (Lipinski definition) is 3. The highest BCUT2D eigenvalue weighted by Gasteiger charge is 2.33. The molecule has 110 valence electrons. The summed E-state index contributed by atoms with van der Waals surface area (Å²) in [5, 5.41) is 13.8. The standard InChI is InChI=1S/C17H26N2O/c1-13-6-7-15(16(20)12-13)17(14-4-2-3-5-14)19-10-8-18-9-11-19/h6-7,12,14,17-18,20H,2-5,8-11H2,1H3/t17-/m1/s1. The SMILES string of the molecule is Cc1ccc([C@@H](C2CCCC2)N2CCNCC2)c(O)c1. The number of phenols is 1. The van der Waals surface area contributed by atoms with E-state index in [4.69, 9.17) is 0 Å². The van der Waals surface area contributed by atoms with Gasteiger partial charge in [-0.05, 0) is 37.3 Å². The van der Waals surface area contributed by atoms with Crippen LogP contribution in [0.2, 0.25) is 0 Å². The predicted molar refractivity (Wildman–Crippen MR) is 82.0 cm³/mol. The summed E-state index contributed by atoms with van der Waals surface area (Å²) < 4.78 is 0. The monoisotopic (exact) mass is 274 g/mol. The molecule has 0 aromatic heterocycles. The lowest BCUT2D eigenvalue weighted by Crippen LogP contribution is -2.46. The van der Waals surface area contributed by atoms with E-state index in [-0.39, 0.29) is 0 Å². The molecule has 1 aliphatic carbocycles. The number of phenolic OH excluding ortho intramolecular Hbond substituents is 1. The molecule has 1 saturated carbocycles. The van der Waals surface area contributed by atoms with Crippen molar-refractivity contribution in [3.8, 4) is 5.75 Å². The van der Waals surface area contributed by atoms with Gasteiger partial charge < -0.3 is 10.4 Å². The Labute approximate surface area is 122 Å². The number of nitrogens with one attached hydrogen (secondary N) is 1. The minimum atomic E-state index is 0.403. The molecular weight excluding hydrogens is 248 g/mol. The second-order valence-corrected chi connectivity index (χ2v) is 6.34. The molecule has 1 aromatic rings. The Morgan fingerprint density at radius 3 is 2.55 bits per heavy atom. The van der Waals surface area contributed by atoms with Gasteiger partial charge in [-0.25, -0.2) is 0 Å². The fraction of sp³-hybridized carbons (Fsp3) is 0.647. The van der Waals surface area contributed by atoms with Crippen molar-refractivity contribution >= 4 is 0 Å². The molecule has 1 aromatic carbocycles. The predicted octanol–water partition coefficient (Wildman–Crippen LogP) is 2.84. The van der Waals surface area contributed by atoms with Crippen LogP contribution >= 0.6 is 0 Å². The van der Waals surface area contributed by atoms with E-state index >= 15 is 0 Å². The molecule has 2 aliphatic rings. The number of aryl methyl sites for hydroxylation is 1. The van der Waals surface area contributed by atoms with Crippen LogP contribution in [0.5, 0.6) is 5.75 Å². The lowest BCUT2D eigenvalue weighted by atomic mass is 9.88. The Morgan fingerprint density at radius 2 is 1.90 bits per heavy atom. The Kier molecular flexibility index (Phi) is 4.27. The van der Waals surface area contributed by atoms with Crippen molar-refractivity contribution in [1.82, 2.24) is 10.2 Å². The lowest BCUT2D eigenvalue weighted by Gasteiger charge is -2.39. The molecule has 3 rings (SSSR count). The van der Waals surface area contributed by atoms with Gasteiger partial charge in [-0.3, -0.25) is 4.90 Å². The molecule has 0 spiro atoms. The molecule has 0 amide bonds. The second-order valence-electron chi connectivity index (χ2n) is 6.34. The fourth-order valence-electron chi connectivity index (χ4n) is 3.89. The van der Waals surface area contributed by atoms with Gasteiger partial charge in [0.05, 0.1) is 0 Å². The zero-order chi connectivity index (χ0) is 13.9. The molecule has 20 heavy (non-hydrogen) atoms. The van der Waals surface area contributed by atoms with Crippen LogP contribution in [-0.4, -0.2) is 36.2 Å². The maximum absolute atomic E-state index is 10.4. The van der Waals surface area contributed by atoms with Crippen molar-refractivity contribution in [2.24, 2.45) is 5.92 Å². The summed E-state index contributed by atoms with van der Waals surface area (Å²) in [6.45, 7) is 6.35. The third kappa shape index (κ3) is 2.84. The van der Waals surface area contributed by atoms with Crippen LogP contribution in [0.4, 0.5) is 0 Å². The van der Waals surface area contributed by atoms with Crippen molar-refractivity contribution in [2.45, 2.75) is 38.6 Å². The summed E-state index contributed by atoms with van der Waals surface area (Å²) in [4.78, 5) is 2.58. The highest BCUT2D eigenvalue weighted by Crippen LogP contribution is 2.42. The van der Waals surface area contributed by atoms with E-state index in [1.54, 1.807) is 0 Å². The largest absolute Gasteiger partial charge is 0.508 e. The first kappa shape index (κ1) is 13.9. The van der Waals surface area contributed by atoms with Gasteiger partial charge >= 0.3 is 0 Å². The van der Waals surface area contributed by atoms with Crippen LogP contribution in [0.1, 0.15) is 42.9 Å². The van der Waals surface area contributed by atoms with Crippen LogP contribution in [0.3, 0.4) is 0 Å². The summed E-state index contributed by atoms with van der Waals surface area (Å²) in [7, 11) is 0. The number of piperazine rings is 1. The first-order chi connectivity index (χ1) is 9.75. The average Bonchev–Trinajstić information content (AvgIpc) is 2.97. The maximum atomic E-state index is 10.4. The van der Waals surface area contributed by atoms with Gasteiger partial charge in [0, 0.05) is 37.8 Å². The molecule has 2 fully saturated rings. The highest BCUT2D eigenvalue weighted by atomic mass is 16.3. The molecular formula is C17H26N2O. The minimum Gasteiger partial charge on any atom is -0.508 e. The quantitative estimate of drug-likeness (QED) is 0.889. The zero-order valence-electron chi connectivity index (χ0n) is 12.4. The van der Waals surface area contributed by atoms with Crippen LogP contribution in [-0.2, 0) is 0 Å². The first-order valence-electron chi connectivity index (χ1n) is 8.00. The van der Waals surface area contributed by atoms with Gasteiger partial charge in [0.15, 0.2) is 0 Å². The molecule has 0 unspecified atom stereocenters. The van der Waals surface area contributed by atoms with E-state index < -0.39 is 0 Å². The highest BCUT2D eigenvalue weighted by molar-refractivity contribution is 5.38. The molecule has 1 aliphatic heterocycles. The van der Waals surface area contributed by atoms with E-state index in [0.29, 0.717) is 17.7 Å². The van der Waals surface area contributed by atoms with Gasteiger partial charge in [0.25, 0.3) is 0 Å². The van der Waals surface area contributed by atoms with E-state index in [2.05, 4.69) is 22.3 Å². The second kappa shape index (κ2) is 6.15. The molecule has 0 bridgehead atoms. The number of hydrogen-bond donors (Lipinski definition) is 2. The number of benzene rings is 1. The Balaban J connectivity index is 1.90. The smallest absolute Gasteiger partial charge is 0.120 e. The van der Waals surface area contributed by atoms with Gasteiger partial charge in [-0.15, -0.1) is 0 Å². The molecule has 0 radical (unpaired) electrons. The Hall–Kier alpha value is -1.06. The third-order valence-corrected chi connectivity index (χ3v) is 4.90. The molecule has 3 nitrogen and oxygen atoms in total. The molecule has 1 heterocycles. The maximum Gasteiger partial charge on any atom is 0.120 e. The van der Waals surface area contributed by atoms with Gasteiger partial charge in [0.2, 0.25) is 0 Å². The van der Waals surface area contributed by atoms with Crippen LogP contribution in [0.25, 0.3) is 0 Å². The molecule has 2 N–H and O–H groups in total. The fourth-order valence-corrected chi connectivity index (χ4v) is 3.89. The van der Waals surface area contributed by atoms with Crippen molar-refractivity contribution < 1.29 is 5.11 Å². The summed E-state index contributed by atoms with van der Waals surface area (Å²) in [5.74, 6) is 1.20. The average molecular weight is 274 g/mol. The normalized spacial score (nSPS) is 23.1. The third-order valence-electron chi connectivity index (χ3n) is 4.90. The zero-order valence-corrected chi connectivity index (χ0v) is 12.4. The summed E-state index contributed by atoms with van der Waals surface area (Å²) in [6, 6.07) is 6.61. The Bertz CT molecular complexity index is 448. The van der Waals surface area contributed by atoms with Crippen LogP contribution < -0.4 is 5.32 Å². The van der Waals surface area contributed by atoms with Crippen molar-refractivity contribution in [3.05, 3.63) is 29.3 Å².